The smallest absolute Gasteiger partial charge is 0.0590 e. The fourth-order valence-electron chi connectivity index (χ4n) is 4.54. The molecule has 3 heteroatoms. The number of hydrogen-bond donors (Lipinski definition) is 2. The number of nitrogens with one attached hydrogen (secondary N) is 1. The molecule has 0 radical (unpaired) electrons. The average Bonchev–Trinajstić information content (AvgIpc) is 2.67. The van der Waals surface area contributed by atoms with Gasteiger partial charge >= 0.3 is 0 Å². The minimum absolute atomic E-state index is 0.434. The Balaban J connectivity index is 1.59. The molecule has 3 nitrogen and oxygen atoms in total. The normalized spacial score (nSPS) is 25.2. The summed E-state index contributed by atoms with van der Waals surface area (Å²) in [5.74, 6) is 0.676. The van der Waals surface area contributed by atoms with Gasteiger partial charge in [-0.3, -0.25) is 0 Å². The van der Waals surface area contributed by atoms with E-state index in [-0.39, 0.29) is 0 Å². The Morgan fingerprint density at radius 3 is 2.63 bits per heavy atom. The van der Waals surface area contributed by atoms with E-state index < -0.39 is 0 Å². The van der Waals surface area contributed by atoms with Gasteiger partial charge in [0, 0.05) is 30.4 Å². The first kappa shape index (κ1) is 20.4. The molecule has 27 heavy (non-hydrogen) atoms. The van der Waals surface area contributed by atoms with Crippen molar-refractivity contribution in [1.29, 1.82) is 0 Å². The number of nitrogen functional groups attached to an aromatic ring is 1. The average molecular weight is 371 g/mol. The van der Waals surface area contributed by atoms with Gasteiger partial charge in [0.15, 0.2) is 0 Å². The van der Waals surface area contributed by atoms with Crippen molar-refractivity contribution in [2.75, 3.05) is 25.5 Å². The molecule has 150 valence electrons. The monoisotopic (exact) mass is 370 g/mol. The predicted molar refractivity (Wildman–Crippen MR) is 116 cm³/mol. The van der Waals surface area contributed by atoms with E-state index in [9.17, 15) is 0 Å². The van der Waals surface area contributed by atoms with Gasteiger partial charge in [0.2, 0.25) is 0 Å². The number of benzene rings is 1. The lowest BCUT2D eigenvalue weighted by Crippen LogP contribution is -2.35. The molecule has 1 aromatic rings. The van der Waals surface area contributed by atoms with Crippen molar-refractivity contribution in [3.8, 4) is 0 Å². The molecule has 2 aliphatic carbocycles. The van der Waals surface area contributed by atoms with Gasteiger partial charge in [-0.1, -0.05) is 26.0 Å². The van der Waals surface area contributed by atoms with Gasteiger partial charge in [-0.05, 0) is 86.5 Å². The van der Waals surface area contributed by atoms with Crippen molar-refractivity contribution in [3.63, 3.8) is 0 Å². The fraction of sp³-hybridized carbons (Fsp3) is 0.667. The zero-order valence-corrected chi connectivity index (χ0v) is 17.5. The molecule has 0 aliphatic heterocycles. The van der Waals surface area contributed by atoms with E-state index in [1.807, 2.05) is 0 Å². The van der Waals surface area contributed by atoms with Crippen molar-refractivity contribution >= 4 is 11.3 Å². The van der Waals surface area contributed by atoms with Crippen LogP contribution in [0.5, 0.6) is 0 Å². The first-order valence-electron chi connectivity index (χ1n) is 10.9. The third kappa shape index (κ3) is 5.58. The van der Waals surface area contributed by atoms with Crippen molar-refractivity contribution < 1.29 is 4.74 Å². The summed E-state index contributed by atoms with van der Waals surface area (Å²) >= 11 is 0. The summed E-state index contributed by atoms with van der Waals surface area (Å²) in [6.45, 7) is 9.38. The maximum Gasteiger partial charge on any atom is 0.0590 e. The highest BCUT2D eigenvalue weighted by molar-refractivity contribution is 5.76. The minimum Gasteiger partial charge on any atom is -0.398 e. The van der Waals surface area contributed by atoms with E-state index in [2.05, 4.69) is 50.4 Å². The predicted octanol–water partition coefficient (Wildman–Crippen LogP) is 5.51. The van der Waals surface area contributed by atoms with Crippen LogP contribution in [0.25, 0.3) is 5.57 Å². The molecule has 0 aromatic heterocycles. The molecule has 3 rings (SSSR count). The highest BCUT2D eigenvalue weighted by Gasteiger charge is 2.25. The van der Waals surface area contributed by atoms with Crippen LogP contribution >= 0.6 is 0 Å². The molecular weight excluding hydrogens is 332 g/mol. The maximum atomic E-state index is 6.36. The summed E-state index contributed by atoms with van der Waals surface area (Å²) in [5.41, 5.74) is 12.0. The van der Waals surface area contributed by atoms with Crippen molar-refractivity contribution in [2.24, 2.45) is 5.41 Å². The highest BCUT2D eigenvalue weighted by atomic mass is 16.5. The zero-order valence-electron chi connectivity index (χ0n) is 17.5. The molecule has 0 spiro atoms. The Bertz CT molecular complexity index is 642. The molecule has 0 heterocycles. The summed E-state index contributed by atoms with van der Waals surface area (Å²) in [6.07, 6.45) is 11.0. The van der Waals surface area contributed by atoms with Gasteiger partial charge in [0.1, 0.15) is 0 Å². The van der Waals surface area contributed by atoms with Crippen LogP contribution in [0, 0.1) is 5.41 Å². The second-order valence-electron chi connectivity index (χ2n) is 9.14. The van der Waals surface area contributed by atoms with Crippen LogP contribution in [-0.2, 0) is 4.74 Å². The van der Waals surface area contributed by atoms with Gasteiger partial charge < -0.3 is 15.8 Å². The number of rotatable bonds is 7. The summed E-state index contributed by atoms with van der Waals surface area (Å²) in [4.78, 5) is 0. The second kappa shape index (κ2) is 9.25. The Kier molecular flexibility index (Phi) is 6.99. The molecule has 3 N–H and O–H groups in total. The van der Waals surface area contributed by atoms with Crippen LogP contribution in [0.2, 0.25) is 0 Å². The quantitative estimate of drug-likeness (QED) is 0.491. The molecule has 0 unspecified atom stereocenters. The highest BCUT2D eigenvalue weighted by Crippen LogP contribution is 2.41. The Morgan fingerprint density at radius 2 is 1.96 bits per heavy atom. The Labute approximate surface area is 165 Å². The number of anilines is 1. The lowest BCUT2D eigenvalue weighted by Gasteiger charge is -2.31. The first-order valence-corrected chi connectivity index (χ1v) is 10.9. The van der Waals surface area contributed by atoms with Gasteiger partial charge in [0.05, 0.1) is 6.61 Å². The van der Waals surface area contributed by atoms with Gasteiger partial charge in [-0.25, -0.2) is 0 Å². The summed E-state index contributed by atoms with van der Waals surface area (Å²) in [6, 6.07) is 7.45. The van der Waals surface area contributed by atoms with Crippen molar-refractivity contribution in [3.05, 3.63) is 35.4 Å². The largest absolute Gasteiger partial charge is 0.398 e. The molecule has 0 bridgehead atoms. The molecule has 1 fully saturated rings. The first-order chi connectivity index (χ1) is 13.0. The number of allylic oxidation sites excluding steroid dienone is 2. The molecule has 1 aromatic carbocycles. The second-order valence-corrected chi connectivity index (χ2v) is 9.14. The Morgan fingerprint density at radius 1 is 1.19 bits per heavy atom. The minimum atomic E-state index is 0.434. The van der Waals surface area contributed by atoms with E-state index in [1.165, 1.54) is 48.8 Å². The van der Waals surface area contributed by atoms with Gasteiger partial charge in [0.25, 0.3) is 0 Å². The topological polar surface area (TPSA) is 47.3 Å². The summed E-state index contributed by atoms with van der Waals surface area (Å²) in [7, 11) is 0. The summed E-state index contributed by atoms with van der Waals surface area (Å²) < 4.78 is 5.43. The maximum absolute atomic E-state index is 6.36. The van der Waals surface area contributed by atoms with Crippen molar-refractivity contribution in [1.82, 2.24) is 5.32 Å². The molecule has 0 saturated heterocycles. The molecule has 0 amide bonds. The number of nitrogens with two attached hydrogens (primary N) is 1. The van der Waals surface area contributed by atoms with Gasteiger partial charge in [-0.2, -0.15) is 0 Å². The zero-order chi connectivity index (χ0) is 19.3. The van der Waals surface area contributed by atoms with E-state index in [0.29, 0.717) is 17.4 Å². The Hall–Kier alpha value is -1.32. The lowest BCUT2D eigenvalue weighted by molar-refractivity contribution is 0.144. The SMILES string of the molecule is CCOCCNC1CCC(c2ccc(N)c(C3=CCC(C)(C)CC3)c2)CC1. The third-order valence-corrected chi connectivity index (χ3v) is 6.48. The van der Waals surface area contributed by atoms with Crippen LogP contribution in [0.15, 0.2) is 24.3 Å². The number of ether oxygens (including phenoxy) is 1. The van der Waals surface area contributed by atoms with Crippen LogP contribution in [-0.4, -0.2) is 25.8 Å². The van der Waals surface area contributed by atoms with Crippen LogP contribution in [0.1, 0.15) is 82.8 Å². The summed E-state index contributed by atoms with van der Waals surface area (Å²) in [5, 5.41) is 3.65. The van der Waals surface area contributed by atoms with E-state index in [0.717, 1.165) is 38.3 Å². The molecule has 2 aliphatic rings. The lowest BCUT2D eigenvalue weighted by atomic mass is 9.76. The van der Waals surface area contributed by atoms with E-state index >= 15 is 0 Å². The van der Waals surface area contributed by atoms with Crippen LogP contribution in [0.4, 0.5) is 5.69 Å². The fourth-order valence-corrected chi connectivity index (χ4v) is 4.54. The van der Waals surface area contributed by atoms with E-state index in [1.54, 1.807) is 0 Å². The molecule has 1 saturated carbocycles. The molecule has 0 atom stereocenters. The standard InChI is InChI=1S/C24H38N2O/c1-4-27-16-15-26-21-8-5-18(6-9-21)20-7-10-23(25)22(17-20)19-11-13-24(2,3)14-12-19/h7,10-11,17-18,21,26H,4-6,8-9,12-16,25H2,1-3H3. The number of hydrogen-bond acceptors (Lipinski definition) is 3. The van der Waals surface area contributed by atoms with Gasteiger partial charge in [-0.15, -0.1) is 0 Å². The molecular formula is C24H38N2O. The van der Waals surface area contributed by atoms with E-state index in [4.69, 9.17) is 10.5 Å². The third-order valence-electron chi connectivity index (χ3n) is 6.48. The van der Waals surface area contributed by atoms with Crippen molar-refractivity contribution in [2.45, 2.75) is 77.7 Å². The van der Waals surface area contributed by atoms with Crippen LogP contribution in [0.3, 0.4) is 0 Å². The van der Waals surface area contributed by atoms with Crippen LogP contribution < -0.4 is 11.1 Å².